The Kier molecular flexibility index (Phi) is 5.55. The lowest BCUT2D eigenvalue weighted by atomic mass is 10.2. The van der Waals surface area contributed by atoms with E-state index in [1.165, 1.54) is 32.4 Å². The fraction of sp³-hybridized carbons (Fsp3) is 0.316. The maximum absolute atomic E-state index is 12.7. The lowest BCUT2D eigenvalue weighted by molar-refractivity contribution is 0.0793. The third-order valence-corrected chi connectivity index (χ3v) is 5.80. The standard InChI is InChI=1S/C19H22N2O5S/c1-25-17-9-8-16(13-18(17)26-2)27(23,24)20-15-7-5-6-14(12-15)19(22)21-10-3-4-11-21/h5-9,12-13,20H,3-4,10-11H2,1-2H3. The minimum Gasteiger partial charge on any atom is -0.493 e. The van der Waals surface area contributed by atoms with Crippen molar-refractivity contribution in [3.05, 3.63) is 48.0 Å². The number of nitrogens with one attached hydrogen (secondary N) is 1. The van der Waals surface area contributed by atoms with Crippen molar-refractivity contribution < 1.29 is 22.7 Å². The Labute approximate surface area is 158 Å². The zero-order valence-corrected chi connectivity index (χ0v) is 16.1. The summed E-state index contributed by atoms with van der Waals surface area (Å²) in [7, 11) is -0.924. The molecule has 0 saturated carbocycles. The first-order valence-corrected chi connectivity index (χ1v) is 10.1. The molecular weight excluding hydrogens is 368 g/mol. The first-order valence-electron chi connectivity index (χ1n) is 8.59. The Hall–Kier alpha value is -2.74. The SMILES string of the molecule is COc1ccc(S(=O)(=O)Nc2cccc(C(=O)N3CCCC3)c2)cc1OC. The number of hydrogen-bond acceptors (Lipinski definition) is 5. The van der Waals surface area contributed by atoms with E-state index in [9.17, 15) is 13.2 Å². The quantitative estimate of drug-likeness (QED) is 0.820. The van der Waals surface area contributed by atoms with Gasteiger partial charge in [-0.15, -0.1) is 0 Å². The topological polar surface area (TPSA) is 84.9 Å². The van der Waals surface area contributed by atoms with Gasteiger partial charge in [-0.05, 0) is 43.2 Å². The van der Waals surface area contributed by atoms with Gasteiger partial charge in [0.05, 0.1) is 19.1 Å². The summed E-state index contributed by atoms with van der Waals surface area (Å²) >= 11 is 0. The van der Waals surface area contributed by atoms with E-state index in [1.807, 2.05) is 0 Å². The summed E-state index contributed by atoms with van der Waals surface area (Å²) in [5.41, 5.74) is 0.791. The van der Waals surface area contributed by atoms with E-state index in [0.717, 1.165) is 25.9 Å². The minimum absolute atomic E-state index is 0.0384. The average Bonchev–Trinajstić information content (AvgIpc) is 3.21. The van der Waals surface area contributed by atoms with Gasteiger partial charge in [-0.2, -0.15) is 0 Å². The van der Waals surface area contributed by atoms with Gasteiger partial charge < -0.3 is 14.4 Å². The molecule has 1 amide bonds. The van der Waals surface area contributed by atoms with Gasteiger partial charge in [-0.25, -0.2) is 8.42 Å². The molecule has 0 atom stereocenters. The van der Waals surface area contributed by atoms with Crippen molar-refractivity contribution in [3.63, 3.8) is 0 Å². The highest BCUT2D eigenvalue weighted by Crippen LogP contribution is 2.30. The predicted molar refractivity (Wildman–Crippen MR) is 102 cm³/mol. The fourth-order valence-electron chi connectivity index (χ4n) is 3.02. The Morgan fingerprint density at radius 3 is 2.37 bits per heavy atom. The van der Waals surface area contributed by atoms with E-state index in [-0.39, 0.29) is 10.8 Å². The molecule has 0 spiro atoms. The molecule has 144 valence electrons. The number of sulfonamides is 1. The summed E-state index contributed by atoms with van der Waals surface area (Å²) < 4.78 is 38.2. The first kappa shape index (κ1) is 19.0. The van der Waals surface area contributed by atoms with Crippen LogP contribution in [-0.2, 0) is 10.0 Å². The summed E-state index contributed by atoms with van der Waals surface area (Å²) in [4.78, 5) is 14.3. The van der Waals surface area contributed by atoms with Crippen LogP contribution in [0.4, 0.5) is 5.69 Å². The number of ether oxygens (including phenoxy) is 2. The zero-order valence-electron chi connectivity index (χ0n) is 15.3. The molecule has 0 aromatic heterocycles. The second-order valence-electron chi connectivity index (χ2n) is 6.20. The summed E-state index contributed by atoms with van der Waals surface area (Å²) in [6, 6.07) is 10.9. The summed E-state index contributed by atoms with van der Waals surface area (Å²) in [6.07, 6.45) is 1.99. The Balaban J connectivity index is 1.83. The molecule has 0 radical (unpaired) electrons. The van der Waals surface area contributed by atoms with Gasteiger partial charge >= 0.3 is 0 Å². The van der Waals surface area contributed by atoms with Crippen molar-refractivity contribution in [1.29, 1.82) is 0 Å². The van der Waals surface area contributed by atoms with Crippen LogP contribution in [0, 0.1) is 0 Å². The monoisotopic (exact) mass is 390 g/mol. The minimum atomic E-state index is -3.84. The van der Waals surface area contributed by atoms with Crippen molar-refractivity contribution in [2.24, 2.45) is 0 Å². The van der Waals surface area contributed by atoms with Gasteiger partial charge in [-0.3, -0.25) is 9.52 Å². The van der Waals surface area contributed by atoms with E-state index in [2.05, 4.69) is 4.72 Å². The van der Waals surface area contributed by atoms with Crippen LogP contribution in [0.15, 0.2) is 47.4 Å². The van der Waals surface area contributed by atoms with Crippen LogP contribution in [0.25, 0.3) is 0 Å². The Bertz CT molecular complexity index is 937. The number of rotatable bonds is 6. The molecule has 1 fully saturated rings. The number of carbonyl (C=O) groups excluding carboxylic acids is 1. The molecule has 2 aromatic carbocycles. The number of carbonyl (C=O) groups is 1. The summed E-state index contributed by atoms with van der Waals surface area (Å²) in [5, 5.41) is 0. The molecule has 2 aromatic rings. The molecule has 1 heterocycles. The van der Waals surface area contributed by atoms with Gasteiger partial charge in [0.25, 0.3) is 15.9 Å². The van der Waals surface area contributed by atoms with Gasteiger partial charge in [0, 0.05) is 30.4 Å². The van der Waals surface area contributed by atoms with Crippen molar-refractivity contribution in [2.45, 2.75) is 17.7 Å². The van der Waals surface area contributed by atoms with Crippen LogP contribution >= 0.6 is 0 Å². The molecule has 8 heteroatoms. The number of hydrogen-bond donors (Lipinski definition) is 1. The zero-order chi connectivity index (χ0) is 19.4. The van der Waals surface area contributed by atoms with E-state index in [4.69, 9.17) is 9.47 Å². The molecule has 0 aliphatic carbocycles. The summed E-state index contributed by atoms with van der Waals surface area (Å²) in [6.45, 7) is 1.47. The van der Waals surface area contributed by atoms with Gasteiger partial charge in [0.2, 0.25) is 0 Å². The van der Waals surface area contributed by atoms with E-state index in [0.29, 0.717) is 22.7 Å². The first-order chi connectivity index (χ1) is 12.9. The number of anilines is 1. The van der Waals surface area contributed by atoms with E-state index < -0.39 is 10.0 Å². The van der Waals surface area contributed by atoms with Crippen LogP contribution in [0.3, 0.4) is 0 Å². The molecule has 3 rings (SSSR count). The van der Waals surface area contributed by atoms with Crippen molar-refractivity contribution in [2.75, 3.05) is 32.0 Å². The number of likely N-dealkylation sites (tertiary alicyclic amines) is 1. The van der Waals surface area contributed by atoms with Crippen molar-refractivity contribution >= 4 is 21.6 Å². The normalized spacial score (nSPS) is 14.1. The fourth-order valence-corrected chi connectivity index (χ4v) is 4.08. The van der Waals surface area contributed by atoms with Crippen LogP contribution in [0.1, 0.15) is 23.2 Å². The van der Waals surface area contributed by atoms with Gasteiger partial charge in [0.1, 0.15) is 0 Å². The van der Waals surface area contributed by atoms with E-state index >= 15 is 0 Å². The van der Waals surface area contributed by atoms with Crippen LogP contribution < -0.4 is 14.2 Å². The average molecular weight is 390 g/mol. The molecule has 0 unspecified atom stereocenters. The van der Waals surface area contributed by atoms with Crippen molar-refractivity contribution in [1.82, 2.24) is 4.90 Å². The molecule has 1 aliphatic rings. The summed E-state index contributed by atoms with van der Waals surface area (Å²) in [5.74, 6) is 0.674. The van der Waals surface area contributed by atoms with Crippen LogP contribution in [0.2, 0.25) is 0 Å². The molecule has 1 aliphatic heterocycles. The van der Waals surface area contributed by atoms with Crippen LogP contribution in [0.5, 0.6) is 11.5 Å². The lowest BCUT2D eigenvalue weighted by Gasteiger charge is -2.16. The highest BCUT2D eigenvalue weighted by molar-refractivity contribution is 7.92. The van der Waals surface area contributed by atoms with Gasteiger partial charge in [0.15, 0.2) is 11.5 Å². The second kappa shape index (κ2) is 7.87. The second-order valence-corrected chi connectivity index (χ2v) is 7.88. The largest absolute Gasteiger partial charge is 0.493 e. The van der Waals surface area contributed by atoms with E-state index in [1.54, 1.807) is 29.2 Å². The van der Waals surface area contributed by atoms with Gasteiger partial charge in [-0.1, -0.05) is 6.07 Å². The Morgan fingerprint density at radius 2 is 1.70 bits per heavy atom. The maximum Gasteiger partial charge on any atom is 0.262 e. The smallest absolute Gasteiger partial charge is 0.262 e. The highest BCUT2D eigenvalue weighted by Gasteiger charge is 2.21. The maximum atomic E-state index is 12.7. The number of nitrogens with zero attached hydrogens (tertiary/aromatic N) is 1. The molecule has 1 saturated heterocycles. The lowest BCUT2D eigenvalue weighted by Crippen LogP contribution is -2.27. The van der Waals surface area contributed by atoms with Crippen molar-refractivity contribution in [3.8, 4) is 11.5 Å². The number of benzene rings is 2. The molecule has 27 heavy (non-hydrogen) atoms. The third kappa shape index (κ3) is 4.16. The number of methoxy groups -OCH3 is 2. The molecule has 0 bridgehead atoms. The molecular formula is C19H22N2O5S. The highest BCUT2D eigenvalue weighted by atomic mass is 32.2. The predicted octanol–water partition coefficient (Wildman–Crippen LogP) is 2.74. The molecule has 7 nitrogen and oxygen atoms in total. The van der Waals surface area contributed by atoms with Crippen LogP contribution in [-0.4, -0.2) is 46.5 Å². The Morgan fingerprint density at radius 1 is 1.00 bits per heavy atom. The molecule has 1 N–H and O–H groups in total. The number of amides is 1. The third-order valence-electron chi connectivity index (χ3n) is 4.42.